The molecule has 0 saturated heterocycles. The average Bonchev–Trinajstić information content (AvgIpc) is 2.36. The second kappa shape index (κ2) is 13.3. The van der Waals surface area contributed by atoms with Gasteiger partial charge in [0.15, 0.2) is 12.6 Å². The number of aliphatic hydroxyl groups excluding tert-OH is 1. The minimum Gasteiger partial charge on any atom is -0.381 e. The van der Waals surface area contributed by atoms with Gasteiger partial charge in [-0.15, -0.1) is 0 Å². The minimum absolute atomic E-state index is 0.276. The highest BCUT2D eigenvalue weighted by Crippen LogP contribution is 2.10. The van der Waals surface area contributed by atoms with E-state index < -0.39 is 6.29 Å². The summed E-state index contributed by atoms with van der Waals surface area (Å²) in [6, 6.07) is 0. The molecule has 0 radical (unpaired) electrons. The lowest BCUT2D eigenvalue weighted by Gasteiger charge is -2.21. The van der Waals surface area contributed by atoms with Crippen LogP contribution < -0.4 is 0 Å². The molecule has 0 saturated carbocycles. The maximum absolute atomic E-state index is 9.74. The maximum Gasteiger partial charge on any atom is 0.160 e. The number of hydrogen-bond donors (Lipinski definition) is 1. The zero-order valence-electron chi connectivity index (χ0n) is 12.2. The molecule has 110 valence electrons. The van der Waals surface area contributed by atoms with Crippen LogP contribution in [0.4, 0.5) is 0 Å². The molecule has 0 aliphatic heterocycles. The predicted octanol–water partition coefficient (Wildman–Crippen LogP) is 3.08. The molecule has 18 heavy (non-hydrogen) atoms. The van der Waals surface area contributed by atoms with E-state index in [4.69, 9.17) is 14.2 Å². The topological polar surface area (TPSA) is 47.9 Å². The van der Waals surface area contributed by atoms with Crippen LogP contribution in [-0.4, -0.2) is 37.5 Å². The van der Waals surface area contributed by atoms with E-state index in [9.17, 15) is 5.11 Å². The van der Waals surface area contributed by atoms with Crippen LogP contribution in [0, 0.1) is 0 Å². The summed E-state index contributed by atoms with van der Waals surface area (Å²) >= 11 is 0. The lowest BCUT2D eigenvalue weighted by molar-refractivity contribution is -0.232. The van der Waals surface area contributed by atoms with Crippen LogP contribution in [0.25, 0.3) is 0 Å². The first-order chi connectivity index (χ1) is 8.74. The molecule has 2 atom stereocenters. The molecule has 0 aromatic carbocycles. The summed E-state index contributed by atoms with van der Waals surface area (Å²) in [5, 5.41) is 9.74. The third-order valence-electron chi connectivity index (χ3n) is 2.43. The van der Waals surface area contributed by atoms with E-state index in [1.54, 1.807) is 0 Å². The van der Waals surface area contributed by atoms with Crippen LogP contribution in [0.2, 0.25) is 0 Å². The standard InChI is InChI=1S/C14H30O4/c1-4-8-14(17-11-6-3)18-13(15)9-7-12-16-10-5-2/h13-15H,4-12H2,1-3H3. The molecule has 0 rings (SSSR count). The highest BCUT2D eigenvalue weighted by molar-refractivity contribution is 4.49. The Hall–Kier alpha value is -0.160. The molecule has 0 aromatic rings. The van der Waals surface area contributed by atoms with Gasteiger partial charge in [0.2, 0.25) is 0 Å². The van der Waals surface area contributed by atoms with Gasteiger partial charge in [0.05, 0.1) is 0 Å². The van der Waals surface area contributed by atoms with Crippen molar-refractivity contribution in [2.75, 3.05) is 19.8 Å². The van der Waals surface area contributed by atoms with Gasteiger partial charge in [-0.05, 0) is 25.7 Å². The fourth-order valence-corrected chi connectivity index (χ4v) is 1.53. The summed E-state index contributed by atoms with van der Waals surface area (Å²) in [5.41, 5.74) is 0. The smallest absolute Gasteiger partial charge is 0.160 e. The van der Waals surface area contributed by atoms with Crippen molar-refractivity contribution in [1.29, 1.82) is 0 Å². The summed E-state index contributed by atoms with van der Waals surface area (Å²) in [5.74, 6) is 0. The minimum atomic E-state index is -0.747. The molecular weight excluding hydrogens is 232 g/mol. The second-order valence-corrected chi connectivity index (χ2v) is 4.43. The quantitative estimate of drug-likeness (QED) is 0.409. The van der Waals surface area contributed by atoms with Crippen molar-refractivity contribution in [1.82, 2.24) is 0 Å². The van der Waals surface area contributed by atoms with E-state index in [2.05, 4.69) is 20.8 Å². The maximum atomic E-state index is 9.74. The van der Waals surface area contributed by atoms with E-state index in [1.165, 1.54) is 0 Å². The molecule has 0 aliphatic rings. The number of rotatable bonds is 13. The Bertz CT molecular complexity index is 164. The van der Waals surface area contributed by atoms with Crippen molar-refractivity contribution < 1.29 is 19.3 Å². The Balaban J connectivity index is 3.62. The lowest BCUT2D eigenvalue weighted by atomic mass is 10.3. The van der Waals surface area contributed by atoms with Crippen molar-refractivity contribution >= 4 is 0 Å². The summed E-state index contributed by atoms with van der Waals surface area (Å²) in [6.07, 6.45) is 4.19. The Kier molecular flexibility index (Phi) is 13.2. The van der Waals surface area contributed by atoms with Crippen molar-refractivity contribution in [2.24, 2.45) is 0 Å². The first-order valence-electron chi connectivity index (χ1n) is 7.27. The molecular formula is C14H30O4. The van der Waals surface area contributed by atoms with Gasteiger partial charge in [-0.1, -0.05) is 27.2 Å². The molecule has 4 nitrogen and oxygen atoms in total. The van der Waals surface area contributed by atoms with Gasteiger partial charge in [-0.2, -0.15) is 0 Å². The fraction of sp³-hybridized carbons (Fsp3) is 1.00. The van der Waals surface area contributed by atoms with Crippen LogP contribution >= 0.6 is 0 Å². The van der Waals surface area contributed by atoms with Crippen molar-refractivity contribution in [3.8, 4) is 0 Å². The number of ether oxygens (including phenoxy) is 3. The fourth-order valence-electron chi connectivity index (χ4n) is 1.53. The first kappa shape index (κ1) is 17.8. The molecule has 0 fully saturated rings. The van der Waals surface area contributed by atoms with Gasteiger partial charge >= 0.3 is 0 Å². The predicted molar refractivity (Wildman–Crippen MR) is 72.4 cm³/mol. The monoisotopic (exact) mass is 262 g/mol. The molecule has 0 heterocycles. The highest BCUT2D eigenvalue weighted by atomic mass is 16.7. The van der Waals surface area contributed by atoms with Crippen LogP contribution in [-0.2, 0) is 14.2 Å². The number of aliphatic hydroxyl groups is 1. The van der Waals surface area contributed by atoms with Crippen LogP contribution in [0.1, 0.15) is 59.3 Å². The van der Waals surface area contributed by atoms with Crippen molar-refractivity contribution in [3.63, 3.8) is 0 Å². The van der Waals surface area contributed by atoms with Gasteiger partial charge in [-0.25, -0.2) is 0 Å². The highest BCUT2D eigenvalue weighted by Gasteiger charge is 2.13. The lowest BCUT2D eigenvalue weighted by Crippen LogP contribution is -2.25. The van der Waals surface area contributed by atoms with Crippen LogP contribution in [0.3, 0.4) is 0 Å². The molecule has 0 amide bonds. The van der Waals surface area contributed by atoms with Gasteiger partial charge in [0, 0.05) is 26.2 Å². The Morgan fingerprint density at radius 2 is 1.61 bits per heavy atom. The summed E-state index contributed by atoms with van der Waals surface area (Å²) in [6.45, 7) is 8.37. The largest absolute Gasteiger partial charge is 0.381 e. The van der Waals surface area contributed by atoms with E-state index in [-0.39, 0.29) is 6.29 Å². The van der Waals surface area contributed by atoms with Crippen LogP contribution in [0.5, 0.6) is 0 Å². The summed E-state index contributed by atoms with van der Waals surface area (Å²) < 4.78 is 16.4. The summed E-state index contributed by atoms with van der Waals surface area (Å²) in [7, 11) is 0. The zero-order chi connectivity index (χ0) is 13.6. The average molecular weight is 262 g/mol. The van der Waals surface area contributed by atoms with Gasteiger partial charge in [-0.3, -0.25) is 0 Å². The van der Waals surface area contributed by atoms with E-state index in [1.807, 2.05) is 0 Å². The normalized spacial score (nSPS) is 14.7. The number of hydrogen-bond acceptors (Lipinski definition) is 4. The summed E-state index contributed by atoms with van der Waals surface area (Å²) in [4.78, 5) is 0. The molecule has 0 bridgehead atoms. The SMILES string of the molecule is CCCOCCCC(O)OC(CCC)OCCC. The first-order valence-corrected chi connectivity index (χ1v) is 7.27. The Morgan fingerprint density at radius 1 is 0.889 bits per heavy atom. The molecule has 1 N–H and O–H groups in total. The molecule has 4 heteroatoms. The van der Waals surface area contributed by atoms with E-state index >= 15 is 0 Å². The van der Waals surface area contributed by atoms with Crippen molar-refractivity contribution in [3.05, 3.63) is 0 Å². The second-order valence-electron chi connectivity index (χ2n) is 4.43. The Morgan fingerprint density at radius 3 is 2.22 bits per heavy atom. The van der Waals surface area contributed by atoms with Gasteiger partial charge in [0.25, 0.3) is 0 Å². The van der Waals surface area contributed by atoms with E-state index in [0.29, 0.717) is 19.6 Å². The van der Waals surface area contributed by atoms with Crippen LogP contribution in [0.15, 0.2) is 0 Å². The van der Waals surface area contributed by atoms with E-state index in [0.717, 1.165) is 38.7 Å². The molecule has 2 unspecified atom stereocenters. The zero-order valence-corrected chi connectivity index (χ0v) is 12.2. The molecule has 0 aliphatic carbocycles. The van der Waals surface area contributed by atoms with Gasteiger partial charge in [0.1, 0.15) is 0 Å². The molecule has 0 spiro atoms. The third kappa shape index (κ3) is 11.0. The van der Waals surface area contributed by atoms with Gasteiger partial charge < -0.3 is 19.3 Å². The molecule has 0 aromatic heterocycles. The van der Waals surface area contributed by atoms with Crippen molar-refractivity contribution in [2.45, 2.75) is 71.9 Å². The third-order valence-corrected chi connectivity index (χ3v) is 2.43. The Labute approximate surface area is 112 Å².